The second-order valence-corrected chi connectivity index (χ2v) is 8.29. The number of fused-ring (bicyclic) bond motifs is 1. The molecule has 2 aromatic heterocycles. The van der Waals surface area contributed by atoms with Crippen molar-refractivity contribution in [3.8, 4) is 0 Å². The molecule has 130 valence electrons. The highest BCUT2D eigenvalue weighted by molar-refractivity contribution is 7.09. The largest absolute Gasteiger partial charge is 0.381 e. The number of thiazole rings is 1. The van der Waals surface area contributed by atoms with Crippen molar-refractivity contribution in [2.24, 2.45) is 11.8 Å². The fourth-order valence-corrected chi connectivity index (χ4v) is 4.35. The summed E-state index contributed by atoms with van der Waals surface area (Å²) in [6, 6.07) is 4.44. The first-order valence-corrected chi connectivity index (χ1v) is 9.99. The maximum absolute atomic E-state index is 5.90. The first kappa shape index (κ1) is 16.3. The van der Waals surface area contributed by atoms with Crippen LogP contribution in [-0.2, 0) is 24.4 Å². The van der Waals surface area contributed by atoms with Gasteiger partial charge in [-0.3, -0.25) is 4.90 Å². The molecule has 0 saturated heterocycles. The molecular formula is C19H27N3OS. The summed E-state index contributed by atoms with van der Waals surface area (Å²) < 4.78 is 8.33. The molecule has 1 fully saturated rings. The Morgan fingerprint density at radius 3 is 3.00 bits per heavy atom. The van der Waals surface area contributed by atoms with Crippen molar-refractivity contribution in [2.75, 3.05) is 19.8 Å². The van der Waals surface area contributed by atoms with Crippen LogP contribution in [0.3, 0.4) is 0 Å². The predicted molar refractivity (Wildman–Crippen MR) is 97.0 cm³/mol. The molecule has 0 aromatic carbocycles. The SMILES string of the molecule is Cc1ncsc1CN1Cc2cccn2C[C@@H](CCOCC2CC2)C1. The van der Waals surface area contributed by atoms with Crippen molar-refractivity contribution in [3.63, 3.8) is 0 Å². The number of hydrogen-bond donors (Lipinski definition) is 0. The van der Waals surface area contributed by atoms with Crippen molar-refractivity contribution < 1.29 is 4.74 Å². The lowest BCUT2D eigenvalue weighted by molar-refractivity contribution is 0.101. The molecule has 0 spiro atoms. The molecule has 5 heteroatoms. The third-order valence-corrected chi connectivity index (χ3v) is 6.13. The van der Waals surface area contributed by atoms with E-state index in [-0.39, 0.29) is 0 Å². The Kier molecular flexibility index (Phi) is 5.01. The van der Waals surface area contributed by atoms with Gasteiger partial charge in [0.1, 0.15) is 0 Å². The second-order valence-electron chi connectivity index (χ2n) is 7.36. The molecule has 1 atom stereocenters. The smallest absolute Gasteiger partial charge is 0.0798 e. The highest BCUT2D eigenvalue weighted by Crippen LogP contribution is 2.29. The topological polar surface area (TPSA) is 30.3 Å². The van der Waals surface area contributed by atoms with E-state index in [4.69, 9.17) is 4.74 Å². The van der Waals surface area contributed by atoms with Gasteiger partial charge in [0.05, 0.1) is 11.2 Å². The van der Waals surface area contributed by atoms with E-state index in [9.17, 15) is 0 Å². The molecule has 0 bridgehead atoms. The molecule has 3 heterocycles. The summed E-state index contributed by atoms with van der Waals surface area (Å²) in [7, 11) is 0. The van der Waals surface area contributed by atoms with Gasteiger partial charge in [-0.2, -0.15) is 0 Å². The van der Waals surface area contributed by atoms with Crippen LogP contribution in [0.2, 0.25) is 0 Å². The molecule has 0 amide bonds. The van der Waals surface area contributed by atoms with E-state index in [2.05, 4.69) is 39.7 Å². The number of aryl methyl sites for hydroxylation is 1. The number of aromatic nitrogens is 2. The van der Waals surface area contributed by atoms with Crippen molar-refractivity contribution in [3.05, 3.63) is 40.1 Å². The van der Waals surface area contributed by atoms with Crippen LogP contribution in [0.25, 0.3) is 0 Å². The van der Waals surface area contributed by atoms with Crippen molar-refractivity contribution in [1.29, 1.82) is 0 Å². The molecule has 4 rings (SSSR count). The van der Waals surface area contributed by atoms with E-state index in [1.54, 1.807) is 11.3 Å². The summed E-state index contributed by atoms with van der Waals surface area (Å²) in [5, 5.41) is 0. The van der Waals surface area contributed by atoms with Crippen molar-refractivity contribution >= 4 is 11.3 Å². The summed E-state index contributed by atoms with van der Waals surface area (Å²) in [6.45, 7) is 8.32. The van der Waals surface area contributed by atoms with E-state index in [0.717, 1.165) is 51.7 Å². The first-order valence-electron chi connectivity index (χ1n) is 9.11. The van der Waals surface area contributed by atoms with Gasteiger partial charge in [0.25, 0.3) is 0 Å². The Morgan fingerprint density at radius 2 is 2.21 bits per heavy atom. The lowest BCUT2D eigenvalue weighted by Gasteiger charge is -2.23. The van der Waals surface area contributed by atoms with Gasteiger partial charge in [-0.05, 0) is 50.2 Å². The van der Waals surface area contributed by atoms with Gasteiger partial charge < -0.3 is 9.30 Å². The predicted octanol–water partition coefficient (Wildman–Crippen LogP) is 3.70. The van der Waals surface area contributed by atoms with Gasteiger partial charge in [-0.15, -0.1) is 11.3 Å². The maximum atomic E-state index is 5.90. The van der Waals surface area contributed by atoms with Gasteiger partial charge in [0.2, 0.25) is 0 Å². The zero-order valence-corrected chi connectivity index (χ0v) is 15.3. The fraction of sp³-hybridized carbons (Fsp3) is 0.632. The number of ether oxygens (including phenoxy) is 1. The lowest BCUT2D eigenvalue weighted by atomic mass is 10.1. The molecule has 1 aliphatic carbocycles. The van der Waals surface area contributed by atoms with Gasteiger partial charge in [-0.1, -0.05) is 0 Å². The first-order chi connectivity index (χ1) is 11.8. The molecule has 0 radical (unpaired) electrons. The van der Waals surface area contributed by atoms with Crippen LogP contribution in [0, 0.1) is 18.8 Å². The van der Waals surface area contributed by atoms with Crippen LogP contribution < -0.4 is 0 Å². The number of nitrogens with zero attached hydrogens (tertiary/aromatic N) is 3. The van der Waals surface area contributed by atoms with Crippen LogP contribution in [0.15, 0.2) is 23.8 Å². The molecule has 0 N–H and O–H groups in total. The maximum Gasteiger partial charge on any atom is 0.0798 e. The minimum Gasteiger partial charge on any atom is -0.381 e. The third kappa shape index (κ3) is 4.08. The quantitative estimate of drug-likeness (QED) is 0.717. The normalized spacial score (nSPS) is 21.6. The Balaban J connectivity index is 1.38. The molecule has 4 nitrogen and oxygen atoms in total. The minimum absolute atomic E-state index is 0.658. The monoisotopic (exact) mass is 345 g/mol. The van der Waals surface area contributed by atoms with Crippen LogP contribution in [-0.4, -0.2) is 34.2 Å². The molecule has 0 unspecified atom stereocenters. The Bertz CT molecular complexity index is 661. The van der Waals surface area contributed by atoms with Crippen LogP contribution >= 0.6 is 11.3 Å². The van der Waals surface area contributed by atoms with E-state index >= 15 is 0 Å². The molecule has 24 heavy (non-hydrogen) atoms. The van der Waals surface area contributed by atoms with Crippen molar-refractivity contribution in [1.82, 2.24) is 14.5 Å². The summed E-state index contributed by atoms with van der Waals surface area (Å²) in [4.78, 5) is 8.40. The average molecular weight is 346 g/mol. The summed E-state index contributed by atoms with van der Waals surface area (Å²) in [6.07, 6.45) is 6.13. The summed E-state index contributed by atoms with van der Waals surface area (Å²) >= 11 is 1.78. The van der Waals surface area contributed by atoms with Gasteiger partial charge in [0.15, 0.2) is 0 Å². The lowest BCUT2D eigenvalue weighted by Crippen LogP contribution is -2.28. The summed E-state index contributed by atoms with van der Waals surface area (Å²) in [5.74, 6) is 1.52. The third-order valence-electron chi connectivity index (χ3n) is 5.21. The fourth-order valence-electron chi connectivity index (χ4n) is 3.53. The molecule has 2 aliphatic rings. The molecule has 2 aromatic rings. The van der Waals surface area contributed by atoms with Gasteiger partial charge in [0, 0.05) is 56.2 Å². The minimum atomic E-state index is 0.658. The van der Waals surface area contributed by atoms with Crippen molar-refractivity contribution in [2.45, 2.75) is 45.8 Å². The van der Waals surface area contributed by atoms with E-state index < -0.39 is 0 Å². The standard InChI is InChI=1S/C19H27N3OS/c1-15-19(24-14-20-15)12-21-9-17(6-8-23-13-16-4-5-16)10-22-7-2-3-18(22)11-21/h2-3,7,14,16-17H,4-6,8-13H2,1H3/t17-/m0/s1. The van der Waals surface area contributed by atoms with Crippen LogP contribution in [0.1, 0.15) is 35.5 Å². The molecule has 1 saturated carbocycles. The molecule has 1 aliphatic heterocycles. The Morgan fingerprint density at radius 1 is 1.29 bits per heavy atom. The highest BCUT2D eigenvalue weighted by atomic mass is 32.1. The summed E-state index contributed by atoms with van der Waals surface area (Å²) in [5.41, 5.74) is 4.58. The number of rotatable bonds is 7. The highest BCUT2D eigenvalue weighted by Gasteiger charge is 2.24. The Labute approximate surface area is 148 Å². The second kappa shape index (κ2) is 7.38. The Hall–Kier alpha value is -1.17. The van der Waals surface area contributed by atoms with E-state index in [1.165, 1.54) is 29.1 Å². The zero-order valence-electron chi connectivity index (χ0n) is 14.5. The van der Waals surface area contributed by atoms with Crippen LogP contribution in [0.4, 0.5) is 0 Å². The average Bonchev–Trinajstić information content (AvgIpc) is 3.21. The molecular weight excluding hydrogens is 318 g/mol. The zero-order chi connectivity index (χ0) is 16.4. The van der Waals surface area contributed by atoms with E-state index in [0.29, 0.717) is 5.92 Å². The van der Waals surface area contributed by atoms with Gasteiger partial charge in [-0.25, -0.2) is 4.98 Å². The van der Waals surface area contributed by atoms with E-state index in [1.807, 2.05) is 5.51 Å². The van der Waals surface area contributed by atoms with Crippen LogP contribution in [0.5, 0.6) is 0 Å². The van der Waals surface area contributed by atoms with Gasteiger partial charge >= 0.3 is 0 Å². The number of hydrogen-bond acceptors (Lipinski definition) is 4.